The highest BCUT2D eigenvalue weighted by Crippen LogP contribution is 2.20. The quantitative estimate of drug-likeness (QED) is 0.776. The van der Waals surface area contributed by atoms with Crippen LogP contribution in [0.2, 0.25) is 0 Å². The van der Waals surface area contributed by atoms with Crippen LogP contribution >= 0.6 is 8.81 Å². The summed E-state index contributed by atoms with van der Waals surface area (Å²) in [6.45, 7) is 3.75. The summed E-state index contributed by atoms with van der Waals surface area (Å²) in [7, 11) is -3.82. The molecule has 0 aliphatic rings. The smallest absolute Gasteiger partial charge is 0.216 e. The molecule has 0 amide bonds. The Kier molecular flexibility index (Phi) is 5.53. The monoisotopic (exact) mass is 275 g/mol. The highest BCUT2D eigenvalue weighted by Gasteiger charge is 2.20. The van der Waals surface area contributed by atoms with E-state index in [-0.39, 0.29) is 11.7 Å². The van der Waals surface area contributed by atoms with Crippen molar-refractivity contribution in [3.63, 3.8) is 0 Å². The molecule has 1 aromatic rings. The topological polar surface area (TPSA) is 66.4 Å². The summed E-state index contributed by atoms with van der Waals surface area (Å²) in [5.74, 6) is -0.380. The van der Waals surface area contributed by atoms with Crippen LogP contribution in [0.25, 0.3) is 0 Å². The van der Waals surface area contributed by atoms with Gasteiger partial charge in [-0.05, 0) is 11.5 Å². The summed E-state index contributed by atoms with van der Waals surface area (Å²) < 4.78 is 26.2. The number of rotatable bonds is 6. The number of sulfonamides is 1. The first-order valence-corrected chi connectivity index (χ1v) is 8.06. The summed E-state index contributed by atoms with van der Waals surface area (Å²) in [6.07, 6.45) is 0. The van der Waals surface area contributed by atoms with Crippen LogP contribution in [-0.2, 0) is 15.8 Å². The van der Waals surface area contributed by atoms with Gasteiger partial charge in [0, 0.05) is 8.81 Å². The number of benzene rings is 1. The largest absolute Gasteiger partial charge is 0.375 e. The van der Waals surface area contributed by atoms with Gasteiger partial charge in [-0.15, -0.1) is 0 Å². The van der Waals surface area contributed by atoms with Crippen LogP contribution in [0.1, 0.15) is 19.4 Å². The van der Waals surface area contributed by atoms with Crippen molar-refractivity contribution in [2.75, 3.05) is 0 Å². The fourth-order valence-corrected chi connectivity index (χ4v) is 3.76. The van der Waals surface area contributed by atoms with Crippen molar-refractivity contribution in [1.29, 1.82) is 0 Å². The van der Waals surface area contributed by atoms with Crippen LogP contribution in [0.3, 0.4) is 0 Å². The van der Waals surface area contributed by atoms with E-state index in [4.69, 9.17) is 4.89 Å². The maximum absolute atomic E-state index is 11.9. The zero-order chi connectivity index (χ0) is 12.9. The first-order chi connectivity index (χ1) is 7.94. The van der Waals surface area contributed by atoms with Gasteiger partial charge >= 0.3 is 0 Å². The molecule has 2 N–H and O–H groups in total. The molecule has 0 bridgehead atoms. The molecule has 4 nitrogen and oxygen atoms in total. The van der Waals surface area contributed by atoms with Crippen molar-refractivity contribution in [3.05, 3.63) is 35.9 Å². The van der Waals surface area contributed by atoms with Crippen LogP contribution in [0, 0.1) is 5.92 Å². The van der Waals surface area contributed by atoms with Gasteiger partial charge in [-0.1, -0.05) is 44.2 Å². The summed E-state index contributed by atoms with van der Waals surface area (Å²) in [5.41, 5.74) is 0.740. The number of hydrogen-bond donors (Lipinski definition) is 2. The SMILES string of the molecule is CC(C)[C@H](NS(=O)(=O)Cc1ccccc1)PO. The molecule has 96 valence electrons. The normalized spacial score (nSPS) is 14.6. The summed E-state index contributed by atoms with van der Waals surface area (Å²) in [4.78, 5) is 9.13. The van der Waals surface area contributed by atoms with Gasteiger partial charge in [0.15, 0.2) is 0 Å². The third-order valence-corrected chi connectivity index (χ3v) is 4.94. The van der Waals surface area contributed by atoms with E-state index in [0.717, 1.165) is 5.56 Å². The molecule has 2 atom stereocenters. The van der Waals surface area contributed by atoms with E-state index in [1.807, 2.05) is 19.9 Å². The van der Waals surface area contributed by atoms with Crippen LogP contribution in [-0.4, -0.2) is 19.1 Å². The second-order valence-corrected chi connectivity index (χ2v) is 6.85. The van der Waals surface area contributed by atoms with Gasteiger partial charge in [-0.25, -0.2) is 13.1 Å². The predicted molar refractivity (Wildman–Crippen MR) is 71.4 cm³/mol. The average molecular weight is 275 g/mol. The van der Waals surface area contributed by atoms with Crippen LogP contribution in [0.4, 0.5) is 0 Å². The van der Waals surface area contributed by atoms with Gasteiger partial charge in [0.25, 0.3) is 0 Å². The lowest BCUT2D eigenvalue weighted by atomic mass is 10.2. The maximum atomic E-state index is 11.9. The molecule has 1 rings (SSSR count). The van der Waals surface area contributed by atoms with Crippen molar-refractivity contribution in [1.82, 2.24) is 4.72 Å². The molecule has 0 spiro atoms. The zero-order valence-corrected chi connectivity index (χ0v) is 11.7. The van der Waals surface area contributed by atoms with E-state index >= 15 is 0 Å². The Morgan fingerprint density at radius 3 is 2.35 bits per heavy atom. The highest BCUT2D eigenvalue weighted by molar-refractivity contribution is 7.88. The average Bonchev–Trinajstić information content (AvgIpc) is 2.26. The first-order valence-electron chi connectivity index (χ1n) is 5.38. The molecule has 1 unspecified atom stereocenters. The van der Waals surface area contributed by atoms with E-state index in [9.17, 15) is 8.42 Å². The fraction of sp³-hybridized carbons (Fsp3) is 0.455. The van der Waals surface area contributed by atoms with E-state index in [1.165, 1.54) is 0 Å². The molecule has 6 heteroatoms. The molecule has 0 aliphatic heterocycles. The minimum absolute atomic E-state index is 0.0540. The van der Waals surface area contributed by atoms with Crippen molar-refractivity contribution in [2.24, 2.45) is 5.92 Å². The van der Waals surface area contributed by atoms with Crippen molar-refractivity contribution >= 4 is 18.8 Å². The van der Waals surface area contributed by atoms with Crippen molar-refractivity contribution in [3.8, 4) is 0 Å². The summed E-state index contributed by atoms with van der Waals surface area (Å²) in [6, 6.07) is 8.99. The molecule has 0 radical (unpaired) electrons. The Balaban J connectivity index is 2.70. The Hall–Kier alpha value is -0.480. The van der Waals surface area contributed by atoms with E-state index in [0.29, 0.717) is 0 Å². The summed E-state index contributed by atoms with van der Waals surface area (Å²) in [5, 5.41) is 0. The fourth-order valence-electron chi connectivity index (χ4n) is 1.34. The zero-order valence-electron chi connectivity index (χ0n) is 9.92. The minimum Gasteiger partial charge on any atom is -0.375 e. The van der Waals surface area contributed by atoms with Crippen LogP contribution < -0.4 is 4.72 Å². The maximum Gasteiger partial charge on any atom is 0.216 e. The van der Waals surface area contributed by atoms with E-state index in [2.05, 4.69) is 4.72 Å². The lowest BCUT2D eigenvalue weighted by molar-refractivity contribution is 0.515. The minimum atomic E-state index is -3.39. The lowest BCUT2D eigenvalue weighted by Crippen LogP contribution is -2.36. The van der Waals surface area contributed by atoms with Crippen LogP contribution in [0.5, 0.6) is 0 Å². The third kappa shape index (κ3) is 5.13. The molecule has 1 aromatic carbocycles. The summed E-state index contributed by atoms with van der Waals surface area (Å²) >= 11 is 0. The van der Waals surface area contributed by atoms with Crippen LogP contribution in [0.15, 0.2) is 30.3 Å². The molecule has 0 aromatic heterocycles. The van der Waals surface area contributed by atoms with Gasteiger partial charge in [-0.2, -0.15) is 0 Å². The molecule has 0 saturated heterocycles. The Morgan fingerprint density at radius 2 is 1.88 bits per heavy atom. The van der Waals surface area contributed by atoms with E-state index < -0.39 is 24.6 Å². The predicted octanol–water partition coefficient (Wildman–Crippen LogP) is 1.67. The molecular weight excluding hydrogens is 257 g/mol. The van der Waals surface area contributed by atoms with E-state index in [1.54, 1.807) is 24.3 Å². The first kappa shape index (κ1) is 14.6. The Morgan fingerprint density at radius 1 is 1.29 bits per heavy atom. The second-order valence-electron chi connectivity index (χ2n) is 4.21. The van der Waals surface area contributed by atoms with Crippen molar-refractivity contribution < 1.29 is 13.3 Å². The number of hydrogen-bond acceptors (Lipinski definition) is 3. The van der Waals surface area contributed by atoms with Gasteiger partial charge in [0.05, 0.1) is 11.5 Å². The molecule has 0 fully saturated rings. The lowest BCUT2D eigenvalue weighted by Gasteiger charge is -2.19. The molecular formula is C11H18NO3PS. The van der Waals surface area contributed by atoms with Gasteiger partial charge in [0.1, 0.15) is 0 Å². The highest BCUT2D eigenvalue weighted by atomic mass is 32.2. The molecule has 17 heavy (non-hydrogen) atoms. The number of nitrogens with one attached hydrogen (secondary N) is 1. The Labute approximate surface area is 104 Å². The molecule has 0 heterocycles. The van der Waals surface area contributed by atoms with Crippen molar-refractivity contribution in [2.45, 2.75) is 25.4 Å². The molecule has 0 aliphatic carbocycles. The second kappa shape index (κ2) is 6.45. The van der Waals surface area contributed by atoms with Gasteiger partial charge in [0.2, 0.25) is 10.0 Å². The Bertz CT molecular complexity index is 433. The third-order valence-electron chi connectivity index (χ3n) is 2.31. The van der Waals surface area contributed by atoms with Gasteiger partial charge < -0.3 is 4.89 Å². The standard InChI is InChI=1S/C11H18NO3PS/c1-9(2)11(16-13)12-17(14,15)8-10-6-4-3-5-7-10/h3-7,9,11-13,16H,8H2,1-2H3/t11-/m1/s1. The molecule has 0 saturated carbocycles. The van der Waals surface area contributed by atoms with Gasteiger partial charge in [-0.3, -0.25) is 0 Å².